The third kappa shape index (κ3) is 5.36. The standard InChI is InChI=1S/C58H41N4/c1-2-19-41(20-3-1)61-52-29-11-9-25-48(52)55-44(26-14-30-54(55)61)39-32-34-53-50(36-39)46-24-8-10-28-51(46)62(53)42-21-12-18-40(35-42)58-59-56-45-23-7-5-16-38(45)31-33-49(56)57(60-58)47-27-13-17-37-15-4-6-22-43(37)47/h1-30,32-36,38,48,52,58H,31H2/q-1. The van der Waals surface area contributed by atoms with Crippen molar-refractivity contribution in [2.75, 3.05) is 4.90 Å². The summed E-state index contributed by atoms with van der Waals surface area (Å²) >= 11 is 0. The van der Waals surface area contributed by atoms with Crippen molar-refractivity contribution in [3.8, 4) is 16.8 Å². The van der Waals surface area contributed by atoms with Gasteiger partial charge >= 0.3 is 0 Å². The van der Waals surface area contributed by atoms with Gasteiger partial charge in [0.1, 0.15) is 0 Å². The fraction of sp³-hybridized carbons (Fsp3) is 0.0862. The van der Waals surface area contributed by atoms with E-state index < -0.39 is 6.17 Å². The quantitative estimate of drug-likeness (QED) is 0.171. The number of fused-ring (bicyclic) bond motifs is 9. The van der Waals surface area contributed by atoms with E-state index in [2.05, 4.69) is 222 Å². The van der Waals surface area contributed by atoms with E-state index in [0.29, 0.717) is 5.92 Å². The van der Waals surface area contributed by atoms with Crippen LogP contribution in [-0.2, 0) is 0 Å². The maximum atomic E-state index is 5.55. The summed E-state index contributed by atoms with van der Waals surface area (Å²) in [7, 11) is 0. The molecule has 0 spiro atoms. The van der Waals surface area contributed by atoms with Gasteiger partial charge in [-0.2, -0.15) is 0 Å². The highest BCUT2D eigenvalue weighted by Gasteiger charge is 2.39. The molecule has 0 radical (unpaired) electrons. The second-order valence-corrected chi connectivity index (χ2v) is 16.9. The molecule has 7 aromatic carbocycles. The van der Waals surface area contributed by atoms with Crippen molar-refractivity contribution < 1.29 is 0 Å². The summed E-state index contributed by atoms with van der Waals surface area (Å²) in [4.78, 5) is 8.06. The van der Waals surface area contributed by atoms with Gasteiger partial charge in [-0.1, -0.05) is 169 Å². The van der Waals surface area contributed by atoms with Crippen LogP contribution in [-0.4, -0.2) is 16.3 Å². The van der Waals surface area contributed by atoms with Crippen molar-refractivity contribution in [1.82, 2.24) is 4.57 Å². The van der Waals surface area contributed by atoms with Gasteiger partial charge in [-0.3, -0.25) is 4.99 Å². The summed E-state index contributed by atoms with van der Waals surface area (Å²) in [6.07, 6.45) is 20.9. The molecular formula is C58H41N4-. The van der Waals surface area contributed by atoms with Crippen LogP contribution >= 0.6 is 0 Å². The predicted octanol–water partition coefficient (Wildman–Crippen LogP) is 14.5. The van der Waals surface area contributed by atoms with Crippen LogP contribution in [0, 0.1) is 5.92 Å². The molecule has 13 rings (SSSR count). The molecule has 4 nitrogen and oxygen atoms in total. The molecule has 3 aliphatic carbocycles. The summed E-state index contributed by atoms with van der Waals surface area (Å²) in [5.41, 5.74) is 16.6. The van der Waals surface area contributed by atoms with Gasteiger partial charge in [0, 0.05) is 51.4 Å². The minimum absolute atomic E-state index is 0.231. The highest BCUT2D eigenvalue weighted by atomic mass is 15.2. The number of anilines is 2. The number of hydrogen-bond donors (Lipinski definition) is 0. The zero-order chi connectivity index (χ0) is 40.7. The van der Waals surface area contributed by atoms with E-state index in [9.17, 15) is 0 Å². The molecule has 2 aliphatic heterocycles. The van der Waals surface area contributed by atoms with Gasteiger partial charge in [-0.05, 0) is 93.6 Å². The van der Waals surface area contributed by atoms with Crippen molar-refractivity contribution in [3.63, 3.8) is 0 Å². The first-order chi connectivity index (χ1) is 30.8. The molecule has 4 atom stereocenters. The normalized spacial score (nSPS) is 20.8. The third-order valence-electron chi connectivity index (χ3n) is 13.6. The molecule has 3 heterocycles. The molecule has 1 aromatic heterocycles. The Kier molecular flexibility index (Phi) is 7.89. The van der Waals surface area contributed by atoms with Crippen molar-refractivity contribution in [1.29, 1.82) is 0 Å². The second kappa shape index (κ2) is 13.9. The molecule has 0 fully saturated rings. The lowest BCUT2D eigenvalue weighted by Crippen LogP contribution is -2.28. The number of hydrogen-bond acceptors (Lipinski definition) is 2. The van der Waals surface area contributed by atoms with Gasteiger partial charge < -0.3 is 14.8 Å². The third-order valence-corrected chi connectivity index (χ3v) is 13.6. The Labute approximate surface area is 361 Å². The number of aliphatic imine (C=N–C) groups is 1. The van der Waals surface area contributed by atoms with Crippen molar-refractivity contribution in [3.05, 3.63) is 251 Å². The lowest BCUT2D eigenvalue weighted by Gasteiger charge is -2.44. The number of allylic oxidation sites excluding steroid dienone is 9. The largest absolute Gasteiger partial charge is 0.659 e. The Morgan fingerprint density at radius 1 is 0.581 bits per heavy atom. The Balaban J connectivity index is 0.945. The Hall–Kier alpha value is -7.69. The SMILES string of the molecule is C1=CC2=C3[N-]C(c4cccc(-n5c6ccccc6c6cc(-c7cccc8c7C7C=CC=CC7N8c7ccccc7)ccc65)c4)N=C(c4cccc5ccccc45)C3=CCC2C=C1. The first-order valence-corrected chi connectivity index (χ1v) is 21.8. The number of para-hydroxylation sites is 2. The van der Waals surface area contributed by atoms with Crippen LogP contribution in [0.2, 0.25) is 0 Å². The summed E-state index contributed by atoms with van der Waals surface area (Å²) in [5.74, 6) is 0.578. The van der Waals surface area contributed by atoms with E-state index in [-0.39, 0.29) is 12.0 Å². The zero-order valence-electron chi connectivity index (χ0n) is 34.0. The number of aromatic nitrogens is 1. The summed E-state index contributed by atoms with van der Waals surface area (Å²) in [5, 5.41) is 10.4. The van der Waals surface area contributed by atoms with Crippen LogP contribution in [0.3, 0.4) is 0 Å². The summed E-state index contributed by atoms with van der Waals surface area (Å²) in [6, 6.07) is 57.9. The van der Waals surface area contributed by atoms with E-state index >= 15 is 0 Å². The summed E-state index contributed by atoms with van der Waals surface area (Å²) in [6.45, 7) is 0. The number of nitrogens with zero attached hydrogens (tertiary/aromatic N) is 4. The van der Waals surface area contributed by atoms with Gasteiger partial charge in [0.25, 0.3) is 0 Å². The van der Waals surface area contributed by atoms with E-state index in [1.807, 2.05) is 0 Å². The molecule has 0 saturated heterocycles. The van der Waals surface area contributed by atoms with Crippen LogP contribution in [0.15, 0.2) is 234 Å². The molecule has 0 bridgehead atoms. The highest BCUT2D eigenvalue weighted by molar-refractivity contribution is 6.22. The van der Waals surface area contributed by atoms with Crippen LogP contribution < -0.4 is 4.90 Å². The number of rotatable bonds is 5. The molecule has 4 unspecified atom stereocenters. The van der Waals surface area contributed by atoms with Crippen molar-refractivity contribution >= 4 is 49.7 Å². The van der Waals surface area contributed by atoms with E-state index in [1.165, 1.54) is 66.2 Å². The van der Waals surface area contributed by atoms with Crippen LogP contribution in [0.1, 0.15) is 35.2 Å². The first-order valence-electron chi connectivity index (χ1n) is 21.8. The maximum Gasteiger partial charge on any atom is 0.0698 e. The van der Waals surface area contributed by atoms with E-state index in [1.54, 1.807) is 0 Å². The molecule has 294 valence electrons. The number of benzene rings is 7. The van der Waals surface area contributed by atoms with Gasteiger partial charge in [0.05, 0.1) is 22.8 Å². The highest BCUT2D eigenvalue weighted by Crippen LogP contribution is 2.52. The molecule has 8 aromatic rings. The minimum atomic E-state index is -0.399. The molecule has 5 aliphatic rings. The molecule has 0 saturated carbocycles. The van der Waals surface area contributed by atoms with Crippen molar-refractivity contribution in [2.45, 2.75) is 24.5 Å². The van der Waals surface area contributed by atoms with Gasteiger partial charge in [-0.25, -0.2) is 0 Å². The van der Waals surface area contributed by atoms with Gasteiger partial charge in [0.2, 0.25) is 0 Å². The van der Waals surface area contributed by atoms with Gasteiger partial charge in [0.15, 0.2) is 0 Å². The zero-order valence-corrected chi connectivity index (χ0v) is 34.0. The second-order valence-electron chi connectivity index (χ2n) is 16.9. The monoisotopic (exact) mass is 793 g/mol. The Morgan fingerprint density at radius 2 is 1.34 bits per heavy atom. The Bertz CT molecular complexity index is 3380. The first kappa shape index (κ1) is 35.1. The topological polar surface area (TPSA) is 34.6 Å². The predicted molar refractivity (Wildman–Crippen MR) is 258 cm³/mol. The Morgan fingerprint density at radius 3 is 2.29 bits per heavy atom. The van der Waals surface area contributed by atoms with Crippen LogP contribution in [0.25, 0.3) is 54.7 Å². The lowest BCUT2D eigenvalue weighted by molar-refractivity contribution is 0.745. The fourth-order valence-electron chi connectivity index (χ4n) is 10.8. The molecule has 62 heavy (non-hydrogen) atoms. The molecule has 0 N–H and O–H groups in total. The van der Waals surface area contributed by atoms with Crippen LogP contribution in [0.4, 0.5) is 11.4 Å². The van der Waals surface area contributed by atoms with E-state index in [0.717, 1.165) is 40.2 Å². The molecular weight excluding hydrogens is 753 g/mol. The molecule has 0 amide bonds. The molecule has 4 heteroatoms. The maximum absolute atomic E-state index is 5.55. The lowest BCUT2D eigenvalue weighted by atomic mass is 9.80. The summed E-state index contributed by atoms with van der Waals surface area (Å²) < 4.78 is 2.42. The average Bonchev–Trinajstić information content (AvgIpc) is 3.86. The smallest absolute Gasteiger partial charge is 0.0698 e. The van der Waals surface area contributed by atoms with E-state index in [4.69, 9.17) is 10.3 Å². The fourth-order valence-corrected chi connectivity index (χ4v) is 10.8. The van der Waals surface area contributed by atoms with Crippen molar-refractivity contribution in [2.24, 2.45) is 10.9 Å². The van der Waals surface area contributed by atoms with Crippen LogP contribution in [0.5, 0.6) is 0 Å². The minimum Gasteiger partial charge on any atom is -0.659 e. The van der Waals surface area contributed by atoms with Gasteiger partial charge in [-0.15, -0.1) is 5.70 Å². The average molecular weight is 794 g/mol.